The molecule has 0 spiro atoms. The maximum atomic E-state index is 10.5. The van der Waals surface area contributed by atoms with Crippen LogP contribution in [0.5, 0.6) is 0 Å². The van der Waals surface area contributed by atoms with Crippen LogP contribution < -0.4 is 0 Å². The molecule has 0 aromatic rings. The van der Waals surface area contributed by atoms with Crippen molar-refractivity contribution in [3.63, 3.8) is 0 Å². The van der Waals surface area contributed by atoms with Crippen LogP contribution in [0, 0.1) is 11.3 Å². The summed E-state index contributed by atoms with van der Waals surface area (Å²) in [4.78, 5) is 10.5. The predicted molar refractivity (Wildman–Crippen MR) is 43.4 cm³/mol. The van der Waals surface area contributed by atoms with Crippen molar-refractivity contribution >= 4 is 5.97 Å². The standard InChI is InChI=1S/C9H16O2/c1-3-4-9(2)5-7(6-9)8(10)11/h7H,3-6H2,1-2H3,(H,10,11). The number of carbonyl (C=O) groups is 1. The van der Waals surface area contributed by atoms with Gasteiger partial charge in [0.05, 0.1) is 5.92 Å². The van der Waals surface area contributed by atoms with Crippen LogP contribution in [-0.4, -0.2) is 11.1 Å². The second-order valence-electron chi connectivity index (χ2n) is 4.00. The van der Waals surface area contributed by atoms with Crippen molar-refractivity contribution in [3.8, 4) is 0 Å². The van der Waals surface area contributed by atoms with Crippen LogP contribution in [0.25, 0.3) is 0 Å². The lowest BCUT2D eigenvalue weighted by Crippen LogP contribution is -2.38. The summed E-state index contributed by atoms with van der Waals surface area (Å²) in [5.74, 6) is -0.662. The summed E-state index contributed by atoms with van der Waals surface area (Å²) in [5, 5.41) is 8.63. The van der Waals surface area contributed by atoms with Gasteiger partial charge in [0.1, 0.15) is 0 Å². The van der Waals surface area contributed by atoms with E-state index in [1.807, 2.05) is 0 Å². The number of carboxylic acids is 1. The maximum Gasteiger partial charge on any atom is 0.306 e. The van der Waals surface area contributed by atoms with Gasteiger partial charge in [-0.15, -0.1) is 0 Å². The Kier molecular flexibility index (Phi) is 2.21. The molecule has 0 heterocycles. The fourth-order valence-corrected chi connectivity index (χ4v) is 2.11. The smallest absolute Gasteiger partial charge is 0.306 e. The third-order valence-electron chi connectivity index (χ3n) is 2.68. The molecule has 0 aromatic heterocycles. The summed E-state index contributed by atoms with van der Waals surface area (Å²) < 4.78 is 0. The Morgan fingerprint density at radius 2 is 2.18 bits per heavy atom. The predicted octanol–water partition coefficient (Wildman–Crippen LogP) is 2.29. The molecule has 11 heavy (non-hydrogen) atoms. The van der Waals surface area contributed by atoms with E-state index in [0.717, 1.165) is 12.8 Å². The molecule has 1 aliphatic carbocycles. The quantitative estimate of drug-likeness (QED) is 0.680. The van der Waals surface area contributed by atoms with Gasteiger partial charge in [-0.25, -0.2) is 0 Å². The molecular formula is C9H16O2. The first-order valence-corrected chi connectivity index (χ1v) is 4.30. The van der Waals surface area contributed by atoms with Gasteiger partial charge < -0.3 is 5.11 Å². The van der Waals surface area contributed by atoms with Gasteiger partial charge in [0, 0.05) is 0 Å². The first-order valence-electron chi connectivity index (χ1n) is 4.30. The highest BCUT2D eigenvalue weighted by Gasteiger charge is 2.42. The summed E-state index contributed by atoms with van der Waals surface area (Å²) in [6, 6.07) is 0. The zero-order valence-corrected chi connectivity index (χ0v) is 7.26. The van der Waals surface area contributed by atoms with Crippen molar-refractivity contribution in [2.24, 2.45) is 11.3 Å². The van der Waals surface area contributed by atoms with E-state index >= 15 is 0 Å². The van der Waals surface area contributed by atoms with Crippen LogP contribution in [-0.2, 0) is 4.79 Å². The SMILES string of the molecule is CCCC1(C)CC(C(=O)O)C1. The third kappa shape index (κ3) is 1.73. The van der Waals surface area contributed by atoms with Crippen molar-refractivity contribution in [2.75, 3.05) is 0 Å². The van der Waals surface area contributed by atoms with Gasteiger partial charge in [0.2, 0.25) is 0 Å². The van der Waals surface area contributed by atoms with Gasteiger partial charge >= 0.3 is 5.97 Å². The van der Waals surface area contributed by atoms with Gasteiger partial charge in [-0.3, -0.25) is 4.79 Å². The lowest BCUT2D eigenvalue weighted by Gasteiger charge is -2.43. The summed E-state index contributed by atoms with van der Waals surface area (Å²) in [7, 11) is 0. The van der Waals surface area contributed by atoms with Crippen molar-refractivity contribution in [1.29, 1.82) is 0 Å². The van der Waals surface area contributed by atoms with Crippen LogP contribution in [0.4, 0.5) is 0 Å². The Morgan fingerprint density at radius 3 is 2.55 bits per heavy atom. The van der Waals surface area contributed by atoms with E-state index in [2.05, 4.69) is 13.8 Å². The Bertz CT molecular complexity index is 157. The fourth-order valence-electron chi connectivity index (χ4n) is 2.11. The topological polar surface area (TPSA) is 37.3 Å². The summed E-state index contributed by atoms with van der Waals surface area (Å²) in [6.45, 7) is 4.34. The van der Waals surface area contributed by atoms with E-state index in [9.17, 15) is 4.79 Å². The minimum absolute atomic E-state index is 0.0495. The van der Waals surface area contributed by atoms with E-state index in [1.165, 1.54) is 12.8 Å². The lowest BCUT2D eigenvalue weighted by molar-refractivity contribution is -0.149. The number of aliphatic carboxylic acids is 1. The molecular weight excluding hydrogens is 140 g/mol. The van der Waals surface area contributed by atoms with Crippen molar-refractivity contribution in [1.82, 2.24) is 0 Å². The van der Waals surface area contributed by atoms with Crippen LogP contribution in [0.1, 0.15) is 39.5 Å². The number of hydrogen-bond acceptors (Lipinski definition) is 1. The van der Waals surface area contributed by atoms with Crippen LogP contribution in [0.2, 0.25) is 0 Å². The molecule has 0 saturated heterocycles. The molecule has 1 N–H and O–H groups in total. The monoisotopic (exact) mass is 156 g/mol. The molecule has 1 fully saturated rings. The molecule has 1 rings (SSSR count). The highest BCUT2D eigenvalue weighted by molar-refractivity contribution is 5.71. The molecule has 0 aliphatic heterocycles. The highest BCUT2D eigenvalue weighted by atomic mass is 16.4. The molecule has 0 amide bonds. The summed E-state index contributed by atoms with van der Waals surface area (Å²) in [6.07, 6.45) is 4.12. The average molecular weight is 156 g/mol. The van der Waals surface area contributed by atoms with Crippen molar-refractivity contribution in [3.05, 3.63) is 0 Å². The Labute approximate surface area is 67.6 Å². The molecule has 1 aliphatic rings. The van der Waals surface area contributed by atoms with E-state index in [4.69, 9.17) is 5.11 Å². The molecule has 2 nitrogen and oxygen atoms in total. The van der Waals surface area contributed by atoms with E-state index < -0.39 is 5.97 Å². The molecule has 64 valence electrons. The van der Waals surface area contributed by atoms with E-state index in [1.54, 1.807) is 0 Å². The van der Waals surface area contributed by atoms with Crippen LogP contribution in [0.15, 0.2) is 0 Å². The number of hydrogen-bond donors (Lipinski definition) is 1. The molecule has 0 radical (unpaired) electrons. The lowest BCUT2D eigenvalue weighted by atomic mass is 9.61. The normalized spacial score (nSPS) is 36.4. The fraction of sp³-hybridized carbons (Fsp3) is 0.889. The minimum atomic E-state index is -0.612. The van der Waals surface area contributed by atoms with Crippen molar-refractivity contribution in [2.45, 2.75) is 39.5 Å². The van der Waals surface area contributed by atoms with Crippen LogP contribution >= 0.6 is 0 Å². The first-order chi connectivity index (χ1) is 5.07. The number of carboxylic acid groups (broad SMARTS) is 1. The first kappa shape index (κ1) is 8.57. The van der Waals surface area contributed by atoms with E-state index in [0.29, 0.717) is 5.41 Å². The van der Waals surface area contributed by atoms with Gasteiger partial charge in [0.15, 0.2) is 0 Å². The number of rotatable bonds is 3. The van der Waals surface area contributed by atoms with Gasteiger partial charge in [-0.05, 0) is 24.7 Å². The van der Waals surface area contributed by atoms with Crippen molar-refractivity contribution < 1.29 is 9.90 Å². The second kappa shape index (κ2) is 2.84. The largest absolute Gasteiger partial charge is 0.481 e. The van der Waals surface area contributed by atoms with Gasteiger partial charge in [0.25, 0.3) is 0 Å². The minimum Gasteiger partial charge on any atom is -0.481 e. The van der Waals surface area contributed by atoms with Crippen LogP contribution in [0.3, 0.4) is 0 Å². The zero-order chi connectivity index (χ0) is 8.48. The maximum absolute atomic E-state index is 10.5. The van der Waals surface area contributed by atoms with Gasteiger partial charge in [-0.2, -0.15) is 0 Å². The molecule has 0 unspecified atom stereocenters. The summed E-state index contributed by atoms with van der Waals surface area (Å²) >= 11 is 0. The summed E-state index contributed by atoms with van der Waals surface area (Å²) in [5.41, 5.74) is 0.345. The zero-order valence-electron chi connectivity index (χ0n) is 7.26. The molecule has 0 aromatic carbocycles. The molecule has 1 saturated carbocycles. The average Bonchev–Trinajstić information content (AvgIpc) is 1.82. The Balaban J connectivity index is 2.31. The molecule has 0 atom stereocenters. The second-order valence-corrected chi connectivity index (χ2v) is 4.00. The molecule has 0 bridgehead atoms. The third-order valence-corrected chi connectivity index (χ3v) is 2.68. The Morgan fingerprint density at radius 1 is 1.64 bits per heavy atom. The Hall–Kier alpha value is -0.530. The highest BCUT2D eigenvalue weighted by Crippen LogP contribution is 2.48. The van der Waals surface area contributed by atoms with E-state index in [-0.39, 0.29) is 5.92 Å². The van der Waals surface area contributed by atoms with Gasteiger partial charge in [-0.1, -0.05) is 20.3 Å². The molecule has 2 heteroatoms.